The van der Waals surface area contributed by atoms with Crippen LogP contribution in [0.2, 0.25) is 0 Å². The first-order chi connectivity index (χ1) is 7.97. The Balaban J connectivity index is 2.83. The summed E-state index contributed by atoms with van der Waals surface area (Å²) in [7, 11) is 0. The molecule has 0 spiro atoms. The van der Waals surface area contributed by atoms with Crippen LogP contribution < -0.4 is 5.73 Å². The highest BCUT2D eigenvalue weighted by Crippen LogP contribution is 2.23. The van der Waals surface area contributed by atoms with Crippen LogP contribution >= 0.6 is 0 Å². The predicted molar refractivity (Wildman–Crippen MR) is 66.8 cm³/mol. The molecule has 2 amide bonds. The lowest BCUT2D eigenvalue weighted by Crippen LogP contribution is -2.34. The molecule has 0 aliphatic rings. The molecular formula is C13H20N2O2. The van der Waals surface area contributed by atoms with Crippen LogP contribution in [0.1, 0.15) is 50.3 Å². The van der Waals surface area contributed by atoms with Gasteiger partial charge in [-0.1, -0.05) is 38.1 Å². The van der Waals surface area contributed by atoms with Crippen molar-refractivity contribution in [1.82, 2.24) is 5.06 Å². The number of nitrogens with zero attached hydrogens (tertiary/aromatic N) is 1. The van der Waals surface area contributed by atoms with Crippen molar-refractivity contribution in [3.8, 4) is 0 Å². The van der Waals surface area contributed by atoms with Gasteiger partial charge in [0.2, 0.25) is 0 Å². The molecule has 17 heavy (non-hydrogen) atoms. The van der Waals surface area contributed by atoms with Gasteiger partial charge in [0.15, 0.2) is 0 Å². The minimum Gasteiger partial charge on any atom is -0.350 e. The van der Waals surface area contributed by atoms with Crippen LogP contribution in [0.5, 0.6) is 0 Å². The number of benzene rings is 1. The van der Waals surface area contributed by atoms with Crippen LogP contribution in [0.3, 0.4) is 0 Å². The molecule has 0 bridgehead atoms. The molecule has 1 aromatic carbocycles. The fraction of sp³-hybridized carbons (Fsp3) is 0.462. The van der Waals surface area contributed by atoms with E-state index < -0.39 is 12.1 Å². The highest BCUT2D eigenvalue weighted by atomic mass is 16.5. The average molecular weight is 236 g/mol. The fourth-order valence-corrected chi connectivity index (χ4v) is 1.67. The Morgan fingerprint density at radius 2 is 1.76 bits per heavy atom. The smallest absolute Gasteiger partial charge is 0.339 e. The maximum Gasteiger partial charge on any atom is 0.339 e. The van der Waals surface area contributed by atoms with Gasteiger partial charge in [0.05, 0.1) is 6.04 Å². The maximum absolute atomic E-state index is 10.8. The number of nitrogens with two attached hydrogens (primary N) is 1. The summed E-state index contributed by atoms with van der Waals surface area (Å²) in [6.07, 6.45) is 1.09. The van der Waals surface area contributed by atoms with Gasteiger partial charge in [-0.15, -0.1) is 0 Å². The Bertz CT molecular complexity index is 376. The number of carbonyl (C=O) groups excluding carboxylic acids is 1. The Hall–Kier alpha value is -1.55. The molecule has 94 valence electrons. The van der Waals surface area contributed by atoms with Crippen molar-refractivity contribution >= 4 is 6.03 Å². The third-order valence-corrected chi connectivity index (χ3v) is 3.19. The van der Waals surface area contributed by atoms with Crippen LogP contribution in [-0.2, 0) is 0 Å². The van der Waals surface area contributed by atoms with E-state index in [0.29, 0.717) is 11.0 Å². The van der Waals surface area contributed by atoms with E-state index in [4.69, 9.17) is 5.73 Å². The topological polar surface area (TPSA) is 66.6 Å². The third-order valence-electron chi connectivity index (χ3n) is 3.19. The van der Waals surface area contributed by atoms with Crippen LogP contribution in [0.25, 0.3) is 0 Å². The van der Waals surface area contributed by atoms with Crippen LogP contribution in [0, 0.1) is 0 Å². The molecule has 4 nitrogen and oxygen atoms in total. The van der Waals surface area contributed by atoms with Gasteiger partial charge in [0.25, 0.3) is 0 Å². The molecule has 0 aromatic heterocycles. The van der Waals surface area contributed by atoms with E-state index in [-0.39, 0.29) is 0 Å². The summed E-state index contributed by atoms with van der Waals surface area (Å²) >= 11 is 0. The second-order valence-corrected chi connectivity index (χ2v) is 4.33. The van der Waals surface area contributed by atoms with Crippen LogP contribution in [0.15, 0.2) is 24.3 Å². The first kappa shape index (κ1) is 13.5. The zero-order chi connectivity index (χ0) is 13.0. The Labute approximate surface area is 102 Å². The number of hydrogen-bond acceptors (Lipinski definition) is 2. The van der Waals surface area contributed by atoms with Crippen molar-refractivity contribution in [3.63, 3.8) is 0 Å². The molecule has 2 atom stereocenters. The van der Waals surface area contributed by atoms with Gasteiger partial charge >= 0.3 is 6.03 Å². The lowest BCUT2D eigenvalue weighted by molar-refractivity contribution is -0.0710. The molecule has 1 aromatic rings. The number of urea groups is 1. The van der Waals surface area contributed by atoms with E-state index in [1.165, 1.54) is 5.56 Å². The molecular weight excluding hydrogens is 216 g/mol. The average Bonchev–Trinajstić information content (AvgIpc) is 2.36. The Kier molecular flexibility index (Phi) is 4.52. The summed E-state index contributed by atoms with van der Waals surface area (Å²) in [6, 6.07) is 6.60. The molecule has 0 saturated heterocycles. The maximum atomic E-state index is 10.8. The van der Waals surface area contributed by atoms with E-state index in [1.54, 1.807) is 6.92 Å². The lowest BCUT2D eigenvalue weighted by atomic mass is 9.96. The van der Waals surface area contributed by atoms with E-state index in [1.807, 2.05) is 24.3 Å². The van der Waals surface area contributed by atoms with Gasteiger partial charge in [0, 0.05) is 0 Å². The quantitative estimate of drug-likeness (QED) is 0.623. The number of hydroxylamine groups is 2. The van der Waals surface area contributed by atoms with Crippen molar-refractivity contribution in [1.29, 1.82) is 0 Å². The van der Waals surface area contributed by atoms with E-state index in [0.717, 1.165) is 12.0 Å². The molecule has 2 unspecified atom stereocenters. The van der Waals surface area contributed by atoms with E-state index >= 15 is 0 Å². The number of rotatable bonds is 4. The summed E-state index contributed by atoms with van der Waals surface area (Å²) in [4.78, 5) is 10.8. The van der Waals surface area contributed by atoms with Crippen molar-refractivity contribution < 1.29 is 10.0 Å². The van der Waals surface area contributed by atoms with Gasteiger partial charge < -0.3 is 5.73 Å². The zero-order valence-electron chi connectivity index (χ0n) is 10.6. The van der Waals surface area contributed by atoms with E-state index in [2.05, 4.69) is 13.8 Å². The molecule has 0 aliphatic carbocycles. The van der Waals surface area contributed by atoms with Crippen LogP contribution in [-0.4, -0.2) is 16.3 Å². The first-order valence-corrected chi connectivity index (χ1v) is 5.84. The second-order valence-electron chi connectivity index (χ2n) is 4.33. The molecule has 0 aliphatic heterocycles. The van der Waals surface area contributed by atoms with Crippen molar-refractivity contribution in [2.75, 3.05) is 0 Å². The number of hydrogen-bond donors (Lipinski definition) is 2. The molecule has 0 fully saturated rings. The van der Waals surface area contributed by atoms with Gasteiger partial charge in [-0.25, -0.2) is 4.79 Å². The van der Waals surface area contributed by atoms with E-state index in [9.17, 15) is 10.0 Å². The normalized spacial score (nSPS) is 14.1. The lowest BCUT2D eigenvalue weighted by Gasteiger charge is -2.21. The molecule has 3 N–H and O–H groups in total. The summed E-state index contributed by atoms with van der Waals surface area (Å²) in [5.41, 5.74) is 7.13. The van der Waals surface area contributed by atoms with Crippen molar-refractivity contribution in [3.05, 3.63) is 35.4 Å². The second kappa shape index (κ2) is 5.68. The third kappa shape index (κ3) is 3.20. The summed E-state index contributed by atoms with van der Waals surface area (Å²) < 4.78 is 0. The SMILES string of the molecule is CCC(C)c1ccc(C(C)N(O)C(N)=O)cc1. The minimum absolute atomic E-state index is 0.432. The fourth-order valence-electron chi connectivity index (χ4n) is 1.67. The molecule has 1 rings (SSSR count). The van der Waals surface area contributed by atoms with Gasteiger partial charge in [-0.05, 0) is 30.4 Å². The molecule has 0 radical (unpaired) electrons. The largest absolute Gasteiger partial charge is 0.350 e. The number of carbonyl (C=O) groups is 1. The predicted octanol–water partition coefficient (Wildman–Crippen LogP) is 3.03. The monoisotopic (exact) mass is 236 g/mol. The number of amides is 2. The Morgan fingerprint density at radius 3 is 2.18 bits per heavy atom. The highest BCUT2D eigenvalue weighted by Gasteiger charge is 2.17. The molecule has 4 heteroatoms. The standard InChI is InChI=1S/C13H20N2O2/c1-4-9(2)11-5-7-12(8-6-11)10(3)15(17)13(14)16/h5-10,17H,4H2,1-3H3,(H2,14,16). The minimum atomic E-state index is -0.844. The van der Waals surface area contributed by atoms with Crippen LogP contribution in [0.4, 0.5) is 4.79 Å². The number of primary amides is 1. The Morgan fingerprint density at radius 1 is 1.29 bits per heavy atom. The molecule has 0 heterocycles. The first-order valence-electron chi connectivity index (χ1n) is 5.84. The van der Waals surface area contributed by atoms with Crippen molar-refractivity contribution in [2.24, 2.45) is 5.73 Å². The molecule has 0 saturated carbocycles. The van der Waals surface area contributed by atoms with Gasteiger partial charge in [-0.2, -0.15) is 5.06 Å². The van der Waals surface area contributed by atoms with Gasteiger partial charge in [0.1, 0.15) is 0 Å². The van der Waals surface area contributed by atoms with Crippen molar-refractivity contribution in [2.45, 2.75) is 39.2 Å². The summed E-state index contributed by atoms with van der Waals surface area (Å²) in [5.74, 6) is 0.515. The highest BCUT2D eigenvalue weighted by molar-refractivity contribution is 5.71. The summed E-state index contributed by atoms with van der Waals surface area (Å²) in [5, 5.41) is 9.97. The summed E-state index contributed by atoms with van der Waals surface area (Å²) in [6.45, 7) is 6.03. The van der Waals surface area contributed by atoms with Gasteiger partial charge in [-0.3, -0.25) is 5.21 Å². The zero-order valence-corrected chi connectivity index (χ0v) is 10.6.